The molecule has 0 aliphatic carbocycles. The Kier molecular flexibility index (Phi) is 5.35. The van der Waals surface area contributed by atoms with Gasteiger partial charge in [0.05, 0.1) is 23.1 Å². The molecule has 1 saturated heterocycles. The number of carbonyl (C=O) groups is 1. The highest BCUT2D eigenvalue weighted by molar-refractivity contribution is 6.30. The van der Waals surface area contributed by atoms with Gasteiger partial charge in [-0.15, -0.1) is 0 Å². The lowest BCUT2D eigenvalue weighted by atomic mass is 10.1. The first-order valence-electron chi connectivity index (χ1n) is 9.59. The van der Waals surface area contributed by atoms with Gasteiger partial charge in [-0.3, -0.25) is 4.79 Å². The van der Waals surface area contributed by atoms with E-state index >= 15 is 0 Å². The third-order valence-corrected chi connectivity index (χ3v) is 5.41. The molecule has 1 fully saturated rings. The number of aromatic nitrogens is 2. The summed E-state index contributed by atoms with van der Waals surface area (Å²) in [4.78, 5) is 17.4. The van der Waals surface area contributed by atoms with Crippen LogP contribution in [0.2, 0.25) is 5.02 Å². The number of hydrogen-bond donors (Lipinski definition) is 0. The first-order valence-corrected chi connectivity index (χ1v) is 9.97. The second kappa shape index (κ2) is 8.07. The molecule has 0 spiro atoms. The number of carbonyl (C=O) groups excluding carboxylic acids is 1. The summed E-state index contributed by atoms with van der Waals surface area (Å²) in [5.74, 6) is 0.0536. The van der Waals surface area contributed by atoms with E-state index in [9.17, 15) is 4.79 Å². The molecule has 0 unspecified atom stereocenters. The van der Waals surface area contributed by atoms with Crippen LogP contribution >= 0.6 is 11.6 Å². The number of nitrogens with zero attached hydrogens (tertiary/aromatic N) is 4. The predicted molar refractivity (Wildman–Crippen MR) is 113 cm³/mol. The zero-order chi connectivity index (χ0) is 19.5. The van der Waals surface area contributed by atoms with Gasteiger partial charge in [-0.1, -0.05) is 42.8 Å². The molecule has 1 amide bonds. The molecule has 1 aromatic heterocycles. The summed E-state index contributed by atoms with van der Waals surface area (Å²) in [6.07, 6.45) is 2.41. The van der Waals surface area contributed by atoms with Gasteiger partial charge in [0, 0.05) is 36.9 Å². The molecule has 1 aliphatic heterocycles. The number of hydrogen-bond acceptors (Lipinski definition) is 3. The summed E-state index contributed by atoms with van der Waals surface area (Å²) < 4.78 is 1.82. The van der Waals surface area contributed by atoms with E-state index in [1.54, 1.807) is 6.20 Å². The minimum atomic E-state index is 0.0536. The fraction of sp³-hybridized carbons (Fsp3) is 0.273. The lowest BCUT2D eigenvalue weighted by Crippen LogP contribution is -2.48. The first kappa shape index (κ1) is 18.6. The molecule has 28 heavy (non-hydrogen) atoms. The van der Waals surface area contributed by atoms with E-state index in [1.165, 1.54) is 5.69 Å². The Balaban J connectivity index is 1.51. The van der Waals surface area contributed by atoms with Gasteiger partial charge in [0.15, 0.2) is 0 Å². The highest BCUT2D eigenvalue weighted by Gasteiger charge is 2.26. The lowest BCUT2D eigenvalue weighted by molar-refractivity contribution is 0.0745. The van der Waals surface area contributed by atoms with Crippen molar-refractivity contribution in [3.8, 4) is 5.69 Å². The lowest BCUT2D eigenvalue weighted by Gasteiger charge is -2.36. The molecule has 0 atom stereocenters. The normalized spacial score (nSPS) is 14.4. The molecule has 144 valence electrons. The van der Waals surface area contributed by atoms with Crippen LogP contribution in [0.1, 0.15) is 23.0 Å². The highest BCUT2D eigenvalue weighted by Crippen LogP contribution is 2.22. The molecule has 2 heterocycles. The van der Waals surface area contributed by atoms with Crippen molar-refractivity contribution in [3.63, 3.8) is 0 Å². The van der Waals surface area contributed by atoms with Crippen LogP contribution in [0.5, 0.6) is 0 Å². The summed E-state index contributed by atoms with van der Waals surface area (Å²) in [5, 5.41) is 5.13. The highest BCUT2D eigenvalue weighted by atomic mass is 35.5. The van der Waals surface area contributed by atoms with Crippen LogP contribution in [0.3, 0.4) is 0 Å². The van der Waals surface area contributed by atoms with Gasteiger partial charge in [0.1, 0.15) is 0 Å². The zero-order valence-corrected chi connectivity index (χ0v) is 16.6. The molecule has 0 radical (unpaired) electrons. The van der Waals surface area contributed by atoms with Crippen LogP contribution in [-0.4, -0.2) is 46.8 Å². The van der Waals surface area contributed by atoms with E-state index in [-0.39, 0.29) is 5.91 Å². The molecule has 1 aliphatic rings. The molecule has 0 N–H and O–H groups in total. The molecule has 6 heteroatoms. The predicted octanol–water partition coefficient (Wildman–Crippen LogP) is 4.05. The van der Waals surface area contributed by atoms with E-state index in [2.05, 4.69) is 22.1 Å². The van der Waals surface area contributed by atoms with Crippen molar-refractivity contribution in [1.29, 1.82) is 0 Å². The Labute approximate surface area is 170 Å². The second-order valence-corrected chi connectivity index (χ2v) is 7.30. The van der Waals surface area contributed by atoms with Crippen LogP contribution in [0, 0.1) is 0 Å². The summed E-state index contributed by atoms with van der Waals surface area (Å²) >= 11 is 6.12. The molecular formula is C22H23ClN4O. The molecule has 4 rings (SSSR count). The SMILES string of the molecule is CCc1c(C(=O)N2CCN(c3ccccc3)CC2)cnn1-c1cccc(Cl)c1. The van der Waals surface area contributed by atoms with Gasteiger partial charge in [-0.05, 0) is 36.8 Å². The van der Waals surface area contributed by atoms with Gasteiger partial charge >= 0.3 is 0 Å². The zero-order valence-electron chi connectivity index (χ0n) is 15.9. The summed E-state index contributed by atoms with van der Waals surface area (Å²) in [6.45, 7) is 5.12. The van der Waals surface area contributed by atoms with E-state index in [1.807, 2.05) is 59.0 Å². The Hall–Kier alpha value is -2.79. The average Bonchev–Trinajstić information content (AvgIpc) is 3.18. The molecule has 0 bridgehead atoms. The van der Waals surface area contributed by atoms with Gasteiger partial charge in [0.25, 0.3) is 5.91 Å². The molecule has 3 aromatic rings. The Bertz CT molecular complexity index is 962. The van der Waals surface area contributed by atoms with E-state index in [4.69, 9.17) is 11.6 Å². The van der Waals surface area contributed by atoms with Gasteiger partial charge in [-0.2, -0.15) is 5.10 Å². The van der Waals surface area contributed by atoms with Crippen molar-refractivity contribution < 1.29 is 4.79 Å². The summed E-state index contributed by atoms with van der Waals surface area (Å²) in [6, 6.07) is 17.9. The Morgan fingerprint density at radius 2 is 1.71 bits per heavy atom. The van der Waals surface area contributed by atoms with Crippen molar-refractivity contribution in [3.05, 3.63) is 77.1 Å². The third-order valence-electron chi connectivity index (χ3n) is 5.18. The topological polar surface area (TPSA) is 41.4 Å². The molecule has 0 saturated carbocycles. The first-order chi connectivity index (χ1) is 13.7. The fourth-order valence-electron chi connectivity index (χ4n) is 3.70. The quantitative estimate of drug-likeness (QED) is 0.670. The number of para-hydroxylation sites is 1. The molecular weight excluding hydrogens is 372 g/mol. The number of anilines is 1. The molecule has 5 nitrogen and oxygen atoms in total. The number of piperazine rings is 1. The second-order valence-electron chi connectivity index (χ2n) is 6.86. The van der Waals surface area contributed by atoms with Gasteiger partial charge in [0.2, 0.25) is 0 Å². The fourth-order valence-corrected chi connectivity index (χ4v) is 3.88. The maximum atomic E-state index is 13.2. The summed E-state index contributed by atoms with van der Waals surface area (Å²) in [7, 11) is 0. The van der Waals surface area contributed by atoms with Crippen molar-refractivity contribution >= 4 is 23.2 Å². The Morgan fingerprint density at radius 1 is 1.00 bits per heavy atom. The maximum Gasteiger partial charge on any atom is 0.257 e. The van der Waals surface area contributed by atoms with E-state index in [0.717, 1.165) is 30.9 Å². The van der Waals surface area contributed by atoms with E-state index in [0.29, 0.717) is 23.7 Å². The number of amides is 1. The van der Waals surface area contributed by atoms with Crippen molar-refractivity contribution in [2.45, 2.75) is 13.3 Å². The van der Waals surface area contributed by atoms with Crippen LogP contribution in [0.4, 0.5) is 5.69 Å². The van der Waals surface area contributed by atoms with Crippen molar-refractivity contribution in [1.82, 2.24) is 14.7 Å². The van der Waals surface area contributed by atoms with Crippen molar-refractivity contribution in [2.24, 2.45) is 0 Å². The number of benzene rings is 2. The minimum Gasteiger partial charge on any atom is -0.368 e. The van der Waals surface area contributed by atoms with E-state index < -0.39 is 0 Å². The largest absolute Gasteiger partial charge is 0.368 e. The summed E-state index contributed by atoms with van der Waals surface area (Å²) in [5.41, 5.74) is 3.67. The van der Waals surface area contributed by atoms with Crippen LogP contribution in [0.25, 0.3) is 5.69 Å². The molecule has 2 aromatic carbocycles. The van der Waals surface area contributed by atoms with Gasteiger partial charge in [-0.25, -0.2) is 4.68 Å². The van der Waals surface area contributed by atoms with Crippen LogP contribution < -0.4 is 4.90 Å². The van der Waals surface area contributed by atoms with Gasteiger partial charge < -0.3 is 9.80 Å². The smallest absolute Gasteiger partial charge is 0.257 e. The minimum absolute atomic E-state index is 0.0536. The number of rotatable bonds is 4. The maximum absolute atomic E-state index is 13.2. The monoisotopic (exact) mass is 394 g/mol. The number of halogens is 1. The van der Waals surface area contributed by atoms with Crippen molar-refractivity contribution in [2.75, 3.05) is 31.1 Å². The standard InChI is InChI=1S/C22H23ClN4O/c1-2-21-20(16-24-27(21)19-10-6-7-17(23)15-19)22(28)26-13-11-25(12-14-26)18-8-4-3-5-9-18/h3-10,15-16H,2,11-14H2,1H3. The van der Waals surface area contributed by atoms with Crippen LogP contribution in [-0.2, 0) is 6.42 Å². The average molecular weight is 395 g/mol. The Morgan fingerprint density at radius 3 is 2.39 bits per heavy atom. The van der Waals surface area contributed by atoms with Crippen LogP contribution in [0.15, 0.2) is 60.8 Å². The third kappa shape index (κ3) is 3.62.